The Morgan fingerprint density at radius 3 is 2.39 bits per heavy atom. The van der Waals surface area contributed by atoms with E-state index in [4.69, 9.17) is 14.2 Å². The first-order valence-corrected chi connectivity index (χ1v) is 8.53. The van der Waals surface area contributed by atoms with Gasteiger partial charge in [0.15, 0.2) is 0 Å². The van der Waals surface area contributed by atoms with Crippen LogP contribution in [0.5, 0.6) is 0 Å². The van der Waals surface area contributed by atoms with Gasteiger partial charge in [0.25, 0.3) is 0 Å². The minimum Gasteiger partial charge on any atom is -0.463 e. The molecule has 0 spiro atoms. The number of rotatable bonds is 4. The maximum Gasteiger partial charge on any atom is 0.333 e. The standard InChI is InChI=1S/C18H26O5/c1-11(2)17(20)22-14-5-12-4-13(6-14)9-18(3,8-12)23-15-7-16(19)21-10-15/h12-15H,1,4-10H2,2-3H3. The summed E-state index contributed by atoms with van der Waals surface area (Å²) in [5.41, 5.74) is 0.259. The summed E-state index contributed by atoms with van der Waals surface area (Å²) >= 11 is 0. The lowest BCUT2D eigenvalue weighted by atomic mass is 9.65. The van der Waals surface area contributed by atoms with Crippen LogP contribution in [0.2, 0.25) is 0 Å². The van der Waals surface area contributed by atoms with Crippen molar-refractivity contribution in [2.75, 3.05) is 6.61 Å². The Morgan fingerprint density at radius 1 is 1.22 bits per heavy atom. The third-order valence-electron chi connectivity index (χ3n) is 5.20. The van der Waals surface area contributed by atoms with Crippen molar-refractivity contribution in [3.05, 3.63) is 12.2 Å². The monoisotopic (exact) mass is 322 g/mol. The van der Waals surface area contributed by atoms with Crippen LogP contribution >= 0.6 is 0 Å². The topological polar surface area (TPSA) is 61.8 Å². The predicted octanol–water partition coefficient (Wildman–Crippen LogP) is 2.78. The largest absolute Gasteiger partial charge is 0.463 e. The van der Waals surface area contributed by atoms with Gasteiger partial charge >= 0.3 is 11.9 Å². The van der Waals surface area contributed by atoms with Crippen molar-refractivity contribution in [3.63, 3.8) is 0 Å². The fourth-order valence-electron chi connectivity index (χ4n) is 4.55. The molecule has 2 saturated carbocycles. The summed E-state index contributed by atoms with van der Waals surface area (Å²) < 4.78 is 16.8. The maximum absolute atomic E-state index is 11.7. The van der Waals surface area contributed by atoms with Gasteiger partial charge in [-0.15, -0.1) is 0 Å². The number of carbonyl (C=O) groups excluding carboxylic acids is 2. The van der Waals surface area contributed by atoms with Crippen molar-refractivity contribution >= 4 is 11.9 Å². The summed E-state index contributed by atoms with van der Waals surface area (Å²) in [6.45, 7) is 7.85. The van der Waals surface area contributed by atoms with Crippen molar-refractivity contribution in [1.82, 2.24) is 0 Å². The SMILES string of the molecule is C=C(C)C(=O)OC1CC2CC(C1)CC(C)(OC1COC(=O)C1)C2. The zero-order valence-electron chi connectivity index (χ0n) is 14.0. The van der Waals surface area contributed by atoms with E-state index in [1.165, 1.54) is 6.42 Å². The first kappa shape index (κ1) is 16.5. The van der Waals surface area contributed by atoms with Gasteiger partial charge in [-0.2, -0.15) is 0 Å². The van der Waals surface area contributed by atoms with Crippen molar-refractivity contribution in [1.29, 1.82) is 0 Å². The number of hydrogen-bond acceptors (Lipinski definition) is 5. The van der Waals surface area contributed by atoms with Crippen LogP contribution in [0.3, 0.4) is 0 Å². The minimum absolute atomic E-state index is 0.00360. The number of ether oxygens (including phenoxy) is 3. The fraction of sp³-hybridized carbons (Fsp3) is 0.778. The van der Waals surface area contributed by atoms with Crippen LogP contribution in [-0.2, 0) is 23.8 Å². The summed E-state index contributed by atoms with van der Waals surface area (Å²) in [6.07, 6.45) is 5.14. The highest BCUT2D eigenvalue weighted by Gasteiger charge is 2.45. The van der Waals surface area contributed by atoms with E-state index in [0.717, 1.165) is 25.7 Å². The molecule has 0 aromatic rings. The molecular weight excluding hydrogens is 296 g/mol. The van der Waals surface area contributed by atoms with Gasteiger partial charge in [-0.25, -0.2) is 4.79 Å². The maximum atomic E-state index is 11.7. The van der Waals surface area contributed by atoms with Gasteiger partial charge in [0.1, 0.15) is 18.8 Å². The smallest absolute Gasteiger partial charge is 0.333 e. The van der Waals surface area contributed by atoms with E-state index in [1.54, 1.807) is 6.92 Å². The predicted molar refractivity (Wildman–Crippen MR) is 83.6 cm³/mol. The Balaban J connectivity index is 1.57. The highest BCUT2D eigenvalue weighted by atomic mass is 16.6. The van der Waals surface area contributed by atoms with E-state index >= 15 is 0 Å². The van der Waals surface area contributed by atoms with Crippen molar-refractivity contribution in [3.8, 4) is 0 Å². The molecule has 128 valence electrons. The third kappa shape index (κ3) is 3.94. The lowest BCUT2D eigenvalue weighted by Crippen LogP contribution is -2.46. The second kappa shape index (κ2) is 6.27. The van der Waals surface area contributed by atoms with Crippen molar-refractivity contribution < 1.29 is 23.8 Å². The van der Waals surface area contributed by atoms with Crippen LogP contribution in [-0.4, -0.2) is 36.4 Å². The molecule has 0 N–H and O–H groups in total. The summed E-state index contributed by atoms with van der Waals surface area (Å²) in [5, 5.41) is 0. The van der Waals surface area contributed by atoms with E-state index in [-0.39, 0.29) is 29.7 Å². The summed E-state index contributed by atoms with van der Waals surface area (Å²) in [5.74, 6) is 0.568. The molecule has 1 aliphatic heterocycles. The third-order valence-corrected chi connectivity index (χ3v) is 5.20. The molecule has 2 bridgehead atoms. The van der Waals surface area contributed by atoms with E-state index in [0.29, 0.717) is 30.4 Å². The average molecular weight is 322 g/mol. The zero-order chi connectivity index (χ0) is 16.6. The first-order chi connectivity index (χ1) is 10.8. The van der Waals surface area contributed by atoms with Crippen LogP contribution in [0.1, 0.15) is 52.4 Å². The molecule has 0 amide bonds. The van der Waals surface area contributed by atoms with E-state index < -0.39 is 0 Å². The molecule has 5 heteroatoms. The lowest BCUT2D eigenvalue weighted by Gasteiger charge is -2.47. The Labute approximate surface area is 137 Å². The zero-order valence-corrected chi connectivity index (χ0v) is 14.0. The first-order valence-electron chi connectivity index (χ1n) is 8.53. The molecule has 3 unspecified atom stereocenters. The quantitative estimate of drug-likeness (QED) is 0.588. The van der Waals surface area contributed by atoms with Gasteiger partial charge < -0.3 is 14.2 Å². The molecule has 0 aromatic carbocycles. The van der Waals surface area contributed by atoms with Gasteiger partial charge in [0.05, 0.1) is 12.0 Å². The molecule has 3 aliphatic rings. The van der Waals surface area contributed by atoms with E-state index in [9.17, 15) is 9.59 Å². The molecular formula is C18H26O5. The highest BCUT2D eigenvalue weighted by molar-refractivity contribution is 5.87. The van der Waals surface area contributed by atoms with Crippen LogP contribution in [0, 0.1) is 11.8 Å². The van der Waals surface area contributed by atoms with Gasteiger partial charge in [0, 0.05) is 5.57 Å². The summed E-state index contributed by atoms with van der Waals surface area (Å²) in [7, 11) is 0. The number of esters is 2. The second-order valence-corrected chi connectivity index (χ2v) is 7.73. The Bertz CT molecular complexity index is 498. The Morgan fingerprint density at radius 2 is 1.87 bits per heavy atom. The molecule has 2 aliphatic carbocycles. The number of cyclic esters (lactones) is 1. The summed E-state index contributed by atoms with van der Waals surface area (Å²) in [4.78, 5) is 23.0. The van der Waals surface area contributed by atoms with Crippen molar-refractivity contribution in [2.45, 2.75) is 70.2 Å². The number of hydrogen-bond donors (Lipinski definition) is 0. The van der Waals surface area contributed by atoms with Crippen LogP contribution in [0.4, 0.5) is 0 Å². The molecule has 3 atom stereocenters. The average Bonchev–Trinajstić information content (AvgIpc) is 2.81. The Hall–Kier alpha value is -1.36. The number of fused-ring (bicyclic) bond motifs is 2. The molecule has 5 nitrogen and oxygen atoms in total. The minimum atomic E-state index is -0.282. The van der Waals surface area contributed by atoms with Crippen molar-refractivity contribution in [2.24, 2.45) is 11.8 Å². The van der Waals surface area contributed by atoms with Crippen LogP contribution in [0.15, 0.2) is 12.2 Å². The van der Waals surface area contributed by atoms with E-state index in [2.05, 4.69) is 13.5 Å². The molecule has 23 heavy (non-hydrogen) atoms. The van der Waals surface area contributed by atoms with E-state index in [1.807, 2.05) is 0 Å². The number of carbonyl (C=O) groups is 2. The fourth-order valence-corrected chi connectivity index (χ4v) is 4.55. The molecule has 0 radical (unpaired) electrons. The van der Waals surface area contributed by atoms with Gasteiger partial charge in [-0.3, -0.25) is 4.79 Å². The van der Waals surface area contributed by atoms with Crippen LogP contribution in [0.25, 0.3) is 0 Å². The normalized spacial score (nSPS) is 39.7. The molecule has 3 fully saturated rings. The van der Waals surface area contributed by atoms with Crippen LogP contribution < -0.4 is 0 Å². The highest BCUT2D eigenvalue weighted by Crippen LogP contribution is 2.47. The Kier molecular flexibility index (Phi) is 4.50. The molecule has 3 rings (SSSR count). The lowest BCUT2D eigenvalue weighted by molar-refractivity contribution is -0.158. The van der Waals surface area contributed by atoms with Gasteiger partial charge in [-0.1, -0.05) is 6.58 Å². The molecule has 1 heterocycles. The summed E-state index contributed by atoms with van der Waals surface area (Å²) in [6, 6.07) is 0. The van der Waals surface area contributed by atoms with Gasteiger partial charge in [0.2, 0.25) is 0 Å². The molecule has 0 aromatic heterocycles. The van der Waals surface area contributed by atoms with Gasteiger partial charge in [-0.05, 0) is 57.8 Å². The second-order valence-electron chi connectivity index (χ2n) is 7.73. The molecule has 1 saturated heterocycles.